The average Bonchev–Trinajstić information content (AvgIpc) is 2.29. The van der Waals surface area contributed by atoms with Gasteiger partial charge in [0, 0.05) is 20.0 Å². The third-order valence-electron chi connectivity index (χ3n) is 2.47. The van der Waals surface area contributed by atoms with Crippen molar-refractivity contribution < 1.29 is 19.5 Å². The van der Waals surface area contributed by atoms with Gasteiger partial charge in [-0.05, 0) is 12.3 Å². The molecule has 8 heteroatoms. The molecule has 0 aromatic heterocycles. The molecule has 0 radical (unpaired) electrons. The van der Waals surface area contributed by atoms with Crippen molar-refractivity contribution in [2.75, 3.05) is 13.6 Å². The van der Waals surface area contributed by atoms with Crippen molar-refractivity contribution >= 4 is 17.9 Å². The topological polar surface area (TPSA) is 125 Å². The highest BCUT2D eigenvalue weighted by Crippen LogP contribution is 2.10. The highest BCUT2D eigenvalue weighted by Gasteiger charge is 2.27. The fourth-order valence-corrected chi connectivity index (χ4v) is 1.44. The summed E-state index contributed by atoms with van der Waals surface area (Å²) in [6.07, 6.45) is -0.673. The molecule has 0 fully saturated rings. The van der Waals surface area contributed by atoms with Gasteiger partial charge in [-0.1, -0.05) is 13.8 Å². The summed E-state index contributed by atoms with van der Waals surface area (Å²) >= 11 is 0. The van der Waals surface area contributed by atoms with Crippen molar-refractivity contribution in [3.8, 4) is 0 Å². The summed E-state index contributed by atoms with van der Waals surface area (Å²) in [5.41, 5.74) is 9.87. The van der Waals surface area contributed by atoms with E-state index in [9.17, 15) is 14.4 Å². The van der Waals surface area contributed by atoms with Crippen LogP contribution < -0.4 is 16.6 Å². The second-order valence-electron chi connectivity index (χ2n) is 4.67. The van der Waals surface area contributed by atoms with Crippen LogP contribution in [0.1, 0.15) is 26.7 Å². The molecule has 0 saturated carbocycles. The molecule has 5 N–H and O–H groups in total. The minimum absolute atomic E-state index is 0.0872. The summed E-state index contributed by atoms with van der Waals surface area (Å²) in [5.74, 6) is -0.769. The van der Waals surface area contributed by atoms with Crippen LogP contribution in [-0.2, 0) is 9.59 Å². The lowest BCUT2D eigenvalue weighted by atomic mass is 10.0. The Labute approximate surface area is 112 Å². The van der Waals surface area contributed by atoms with Crippen molar-refractivity contribution in [1.29, 1.82) is 0 Å². The lowest BCUT2D eigenvalue weighted by molar-refractivity contribution is -0.127. The number of nitrogens with two attached hydrogens (primary N) is 1. The first-order valence-electron chi connectivity index (χ1n) is 6.02. The number of likely N-dealkylation sites (N-methyl/N-ethyl adjacent to an activating group) is 1. The number of primary amides is 1. The maximum Gasteiger partial charge on any atom is 0.407 e. The van der Waals surface area contributed by atoms with E-state index in [4.69, 9.17) is 10.8 Å². The van der Waals surface area contributed by atoms with Crippen molar-refractivity contribution in [2.45, 2.75) is 32.7 Å². The van der Waals surface area contributed by atoms with E-state index < -0.39 is 23.9 Å². The van der Waals surface area contributed by atoms with Gasteiger partial charge in [0.2, 0.25) is 5.91 Å². The van der Waals surface area contributed by atoms with Gasteiger partial charge in [-0.25, -0.2) is 10.2 Å². The van der Waals surface area contributed by atoms with E-state index in [0.717, 1.165) is 4.90 Å². The zero-order chi connectivity index (χ0) is 15.0. The van der Waals surface area contributed by atoms with Crippen LogP contribution in [0.5, 0.6) is 0 Å². The first-order chi connectivity index (χ1) is 8.75. The van der Waals surface area contributed by atoms with Gasteiger partial charge in [0.15, 0.2) is 0 Å². The number of carboxylic acid groups (broad SMARTS) is 1. The van der Waals surface area contributed by atoms with Gasteiger partial charge in [0.1, 0.15) is 6.04 Å². The number of carbonyl (C=O) groups is 3. The molecule has 0 aromatic carbocycles. The fourth-order valence-electron chi connectivity index (χ4n) is 1.44. The maximum atomic E-state index is 11.9. The highest BCUT2D eigenvalue weighted by molar-refractivity contribution is 5.84. The van der Waals surface area contributed by atoms with Crippen LogP contribution in [0.4, 0.5) is 4.79 Å². The molecular weight excluding hydrogens is 252 g/mol. The molecule has 0 saturated heterocycles. The molecule has 19 heavy (non-hydrogen) atoms. The number of nitrogens with one attached hydrogen (secondary N) is 2. The van der Waals surface area contributed by atoms with E-state index in [1.54, 1.807) is 0 Å². The second-order valence-corrected chi connectivity index (χ2v) is 4.67. The molecule has 0 spiro atoms. The molecule has 0 bridgehead atoms. The van der Waals surface area contributed by atoms with E-state index in [2.05, 4.69) is 10.9 Å². The number of hydrogen-bond acceptors (Lipinski definition) is 4. The van der Waals surface area contributed by atoms with Gasteiger partial charge in [0.25, 0.3) is 5.91 Å². The molecule has 0 rings (SSSR count). The Morgan fingerprint density at radius 2 is 1.89 bits per heavy atom. The van der Waals surface area contributed by atoms with E-state index in [-0.39, 0.29) is 18.9 Å². The van der Waals surface area contributed by atoms with Crippen LogP contribution >= 0.6 is 0 Å². The van der Waals surface area contributed by atoms with Crippen molar-refractivity contribution in [3.63, 3.8) is 0 Å². The predicted octanol–water partition coefficient (Wildman–Crippen LogP) is -0.493. The lowest BCUT2D eigenvalue weighted by Crippen LogP contribution is -2.52. The van der Waals surface area contributed by atoms with Crippen LogP contribution in [0.15, 0.2) is 0 Å². The van der Waals surface area contributed by atoms with Crippen LogP contribution in [0.2, 0.25) is 0 Å². The first-order valence-corrected chi connectivity index (χ1v) is 6.02. The molecule has 110 valence electrons. The minimum atomic E-state index is -1.17. The number of nitrogens with zero attached hydrogens (tertiary/aromatic N) is 1. The largest absolute Gasteiger partial charge is 0.465 e. The van der Waals surface area contributed by atoms with Crippen LogP contribution in [0.25, 0.3) is 0 Å². The van der Waals surface area contributed by atoms with Crippen molar-refractivity contribution in [2.24, 2.45) is 11.7 Å². The molecule has 3 amide bonds. The monoisotopic (exact) mass is 274 g/mol. The summed E-state index contributed by atoms with van der Waals surface area (Å²) in [7, 11) is 1.35. The Morgan fingerprint density at radius 3 is 2.32 bits per heavy atom. The van der Waals surface area contributed by atoms with Gasteiger partial charge in [-0.2, -0.15) is 0 Å². The number of hydrogen-bond donors (Lipinski definition) is 4. The third kappa shape index (κ3) is 7.24. The fraction of sp³-hybridized carbons (Fsp3) is 0.727. The molecule has 8 nitrogen and oxygen atoms in total. The quantitative estimate of drug-likeness (QED) is 0.351. The van der Waals surface area contributed by atoms with Gasteiger partial charge in [0.05, 0.1) is 0 Å². The Kier molecular flexibility index (Phi) is 7.50. The van der Waals surface area contributed by atoms with Gasteiger partial charge in [-0.3, -0.25) is 19.9 Å². The summed E-state index contributed by atoms with van der Waals surface area (Å²) in [4.78, 5) is 34.3. The van der Waals surface area contributed by atoms with E-state index >= 15 is 0 Å². The lowest BCUT2D eigenvalue weighted by Gasteiger charge is -2.26. The number of amides is 3. The Hall–Kier alpha value is -1.83. The van der Waals surface area contributed by atoms with Crippen molar-refractivity contribution in [1.82, 2.24) is 15.8 Å². The summed E-state index contributed by atoms with van der Waals surface area (Å²) in [6.45, 7) is 4.00. The number of carbonyl (C=O) groups excluding carboxylic acids is 2. The third-order valence-corrected chi connectivity index (χ3v) is 2.47. The second kappa shape index (κ2) is 8.30. The van der Waals surface area contributed by atoms with Gasteiger partial charge >= 0.3 is 6.09 Å². The SMILES string of the molecule is CC(C)CC(C(=O)NNCCC(N)=O)N(C)C(=O)O. The molecule has 0 aromatic rings. The summed E-state index contributed by atoms with van der Waals surface area (Å²) in [5, 5.41) is 8.92. The zero-order valence-electron chi connectivity index (χ0n) is 11.5. The van der Waals surface area contributed by atoms with Crippen LogP contribution in [-0.4, -0.2) is 47.5 Å². The molecule has 0 aliphatic carbocycles. The van der Waals surface area contributed by atoms with Gasteiger partial charge in [-0.15, -0.1) is 0 Å². The Bertz CT molecular complexity index is 333. The first kappa shape index (κ1) is 17.2. The molecule has 0 aliphatic heterocycles. The van der Waals surface area contributed by atoms with Crippen LogP contribution in [0, 0.1) is 5.92 Å². The molecule has 1 atom stereocenters. The molecule has 1 unspecified atom stereocenters. The standard InChI is InChI=1S/C11H22N4O4/c1-7(2)6-8(15(3)11(18)19)10(17)14-13-5-4-9(12)16/h7-8,13H,4-6H2,1-3H3,(H2,12,16)(H,14,17)(H,18,19). The van der Waals surface area contributed by atoms with Crippen LogP contribution in [0.3, 0.4) is 0 Å². The maximum absolute atomic E-state index is 11.9. The highest BCUT2D eigenvalue weighted by atomic mass is 16.4. The number of hydrazine groups is 1. The Balaban J connectivity index is 4.38. The molecule has 0 aliphatic rings. The average molecular weight is 274 g/mol. The molecule has 0 heterocycles. The molecular formula is C11H22N4O4. The van der Waals surface area contributed by atoms with Crippen molar-refractivity contribution in [3.05, 3.63) is 0 Å². The smallest absolute Gasteiger partial charge is 0.407 e. The zero-order valence-corrected chi connectivity index (χ0v) is 11.5. The summed E-state index contributed by atoms with van der Waals surface area (Å²) < 4.78 is 0. The normalized spacial score (nSPS) is 12.0. The minimum Gasteiger partial charge on any atom is -0.465 e. The Morgan fingerprint density at radius 1 is 1.32 bits per heavy atom. The van der Waals surface area contributed by atoms with Gasteiger partial charge < -0.3 is 10.8 Å². The predicted molar refractivity (Wildman–Crippen MR) is 69.0 cm³/mol. The van der Waals surface area contributed by atoms with E-state index in [1.807, 2.05) is 13.8 Å². The summed E-state index contributed by atoms with van der Waals surface area (Å²) in [6, 6.07) is -0.779. The van der Waals surface area contributed by atoms with E-state index in [1.165, 1.54) is 7.05 Å². The van der Waals surface area contributed by atoms with E-state index in [0.29, 0.717) is 6.42 Å². The number of rotatable bonds is 8.